The van der Waals surface area contributed by atoms with Crippen LogP contribution >= 0.6 is 0 Å². The fourth-order valence-electron chi connectivity index (χ4n) is 1.33. The van der Waals surface area contributed by atoms with Crippen molar-refractivity contribution >= 4 is 0 Å². The minimum absolute atomic E-state index is 0.480. The Labute approximate surface area is 77.6 Å². The van der Waals surface area contributed by atoms with E-state index in [4.69, 9.17) is 0 Å². The summed E-state index contributed by atoms with van der Waals surface area (Å²) in [5.74, 6) is -0.960. The van der Waals surface area contributed by atoms with E-state index in [0.29, 0.717) is 0 Å². The van der Waals surface area contributed by atoms with E-state index in [1.54, 1.807) is 0 Å². The SMILES string of the molecule is CCCCCc1cc(F)cc(F)c1. The summed E-state index contributed by atoms with van der Waals surface area (Å²) in [5.41, 5.74) is 0.756. The van der Waals surface area contributed by atoms with Crippen LogP contribution in [0.5, 0.6) is 0 Å². The van der Waals surface area contributed by atoms with E-state index < -0.39 is 11.6 Å². The maximum atomic E-state index is 12.7. The lowest BCUT2D eigenvalue weighted by Crippen LogP contribution is -1.89. The summed E-state index contributed by atoms with van der Waals surface area (Å²) < 4.78 is 25.4. The Morgan fingerprint density at radius 1 is 1.00 bits per heavy atom. The van der Waals surface area contributed by atoms with E-state index in [2.05, 4.69) is 6.92 Å². The number of unbranched alkanes of at least 4 members (excludes halogenated alkanes) is 2. The lowest BCUT2D eigenvalue weighted by atomic mass is 10.1. The first-order valence-electron chi connectivity index (χ1n) is 4.67. The highest BCUT2D eigenvalue weighted by Gasteiger charge is 1.99. The second-order valence-corrected chi connectivity index (χ2v) is 3.23. The Bertz CT molecular complexity index is 249. The van der Waals surface area contributed by atoms with Crippen molar-refractivity contribution in [1.82, 2.24) is 0 Å². The molecular weight excluding hydrogens is 170 g/mol. The van der Waals surface area contributed by atoms with Crippen LogP contribution in [0, 0.1) is 11.6 Å². The van der Waals surface area contributed by atoms with Gasteiger partial charge >= 0.3 is 0 Å². The fourth-order valence-corrected chi connectivity index (χ4v) is 1.33. The van der Waals surface area contributed by atoms with Gasteiger partial charge in [-0.25, -0.2) is 8.78 Å². The topological polar surface area (TPSA) is 0 Å². The Morgan fingerprint density at radius 3 is 2.15 bits per heavy atom. The van der Waals surface area contributed by atoms with Gasteiger partial charge in [-0.3, -0.25) is 0 Å². The average Bonchev–Trinajstić information content (AvgIpc) is 2.03. The first-order chi connectivity index (χ1) is 6.22. The van der Waals surface area contributed by atoms with Crippen LogP contribution in [0.2, 0.25) is 0 Å². The van der Waals surface area contributed by atoms with Crippen LogP contribution in [-0.2, 0) is 6.42 Å². The number of rotatable bonds is 4. The van der Waals surface area contributed by atoms with Gasteiger partial charge in [0.05, 0.1) is 0 Å². The first-order valence-corrected chi connectivity index (χ1v) is 4.67. The summed E-state index contributed by atoms with van der Waals surface area (Å²) in [4.78, 5) is 0. The average molecular weight is 184 g/mol. The molecule has 0 aliphatic heterocycles. The monoisotopic (exact) mass is 184 g/mol. The molecule has 0 spiro atoms. The molecule has 0 amide bonds. The van der Waals surface area contributed by atoms with Crippen LogP contribution in [0.3, 0.4) is 0 Å². The zero-order chi connectivity index (χ0) is 9.68. The van der Waals surface area contributed by atoms with Gasteiger partial charge in [0.2, 0.25) is 0 Å². The number of aryl methyl sites for hydroxylation is 1. The molecule has 13 heavy (non-hydrogen) atoms. The molecule has 0 saturated heterocycles. The third-order valence-electron chi connectivity index (χ3n) is 1.99. The summed E-state index contributed by atoms with van der Waals surface area (Å²) in [5, 5.41) is 0. The van der Waals surface area contributed by atoms with Gasteiger partial charge in [0.25, 0.3) is 0 Å². The van der Waals surface area contributed by atoms with Crippen molar-refractivity contribution in [3.05, 3.63) is 35.4 Å². The normalized spacial score (nSPS) is 10.4. The van der Waals surface area contributed by atoms with E-state index in [9.17, 15) is 8.78 Å². The standard InChI is InChI=1S/C11H14F2/c1-2-3-4-5-9-6-10(12)8-11(13)7-9/h6-8H,2-5H2,1H3. The summed E-state index contributed by atoms with van der Waals surface area (Å²) >= 11 is 0. The number of hydrogen-bond acceptors (Lipinski definition) is 0. The van der Waals surface area contributed by atoms with Gasteiger partial charge in [0.15, 0.2) is 0 Å². The molecule has 0 aliphatic rings. The molecule has 1 aromatic rings. The van der Waals surface area contributed by atoms with Crippen molar-refractivity contribution in [3.8, 4) is 0 Å². The van der Waals surface area contributed by atoms with Crippen molar-refractivity contribution in [3.63, 3.8) is 0 Å². The smallest absolute Gasteiger partial charge is 0.126 e. The van der Waals surface area contributed by atoms with Crippen molar-refractivity contribution in [1.29, 1.82) is 0 Å². The lowest BCUT2D eigenvalue weighted by molar-refractivity contribution is 0.577. The van der Waals surface area contributed by atoms with Gasteiger partial charge in [-0.05, 0) is 30.5 Å². The predicted octanol–water partition coefficient (Wildman–Crippen LogP) is 3.70. The Balaban J connectivity index is 2.56. The molecule has 0 N–H and O–H groups in total. The lowest BCUT2D eigenvalue weighted by Gasteiger charge is -2.00. The summed E-state index contributed by atoms with van der Waals surface area (Å²) in [6.45, 7) is 2.10. The number of hydrogen-bond donors (Lipinski definition) is 0. The highest BCUT2D eigenvalue weighted by molar-refractivity contribution is 5.17. The van der Waals surface area contributed by atoms with E-state index >= 15 is 0 Å². The van der Waals surface area contributed by atoms with Crippen LogP contribution in [0.15, 0.2) is 18.2 Å². The van der Waals surface area contributed by atoms with E-state index in [1.807, 2.05) is 0 Å². The highest BCUT2D eigenvalue weighted by atomic mass is 19.1. The quantitative estimate of drug-likeness (QED) is 0.626. The van der Waals surface area contributed by atoms with Gasteiger partial charge in [-0.1, -0.05) is 19.8 Å². The highest BCUT2D eigenvalue weighted by Crippen LogP contribution is 2.11. The zero-order valence-corrected chi connectivity index (χ0v) is 7.82. The Kier molecular flexibility index (Phi) is 3.87. The molecule has 2 heteroatoms. The van der Waals surface area contributed by atoms with E-state index in [-0.39, 0.29) is 0 Å². The van der Waals surface area contributed by atoms with Crippen LogP contribution < -0.4 is 0 Å². The molecule has 0 bridgehead atoms. The Hall–Kier alpha value is -0.920. The van der Waals surface area contributed by atoms with Crippen molar-refractivity contribution in [2.24, 2.45) is 0 Å². The minimum Gasteiger partial charge on any atom is -0.207 e. The molecule has 0 atom stereocenters. The molecular formula is C11H14F2. The van der Waals surface area contributed by atoms with Crippen LogP contribution in [0.1, 0.15) is 31.7 Å². The van der Waals surface area contributed by atoms with Crippen LogP contribution in [0.4, 0.5) is 8.78 Å². The maximum absolute atomic E-state index is 12.7. The van der Waals surface area contributed by atoms with Gasteiger partial charge in [0, 0.05) is 6.07 Å². The van der Waals surface area contributed by atoms with Gasteiger partial charge in [-0.2, -0.15) is 0 Å². The molecule has 0 radical (unpaired) electrons. The molecule has 0 aliphatic carbocycles. The van der Waals surface area contributed by atoms with E-state index in [1.165, 1.54) is 12.1 Å². The molecule has 1 rings (SSSR count). The van der Waals surface area contributed by atoms with Crippen LogP contribution in [0.25, 0.3) is 0 Å². The summed E-state index contributed by atoms with van der Waals surface area (Å²) in [6, 6.07) is 3.71. The first kappa shape index (κ1) is 10.2. The third-order valence-corrected chi connectivity index (χ3v) is 1.99. The van der Waals surface area contributed by atoms with Crippen molar-refractivity contribution in [2.45, 2.75) is 32.6 Å². The van der Waals surface area contributed by atoms with Gasteiger partial charge in [0.1, 0.15) is 11.6 Å². The Morgan fingerprint density at radius 2 is 1.62 bits per heavy atom. The summed E-state index contributed by atoms with van der Waals surface area (Å²) in [6.07, 6.45) is 4.00. The molecule has 72 valence electrons. The predicted molar refractivity (Wildman–Crippen MR) is 49.6 cm³/mol. The van der Waals surface area contributed by atoms with Crippen molar-refractivity contribution in [2.75, 3.05) is 0 Å². The van der Waals surface area contributed by atoms with E-state index in [0.717, 1.165) is 37.3 Å². The number of halogens is 2. The molecule has 1 aromatic carbocycles. The summed E-state index contributed by atoms with van der Waals surface area (Å²) in [7, 11) is 0. The second-order valence-electron chi connectivity index (χ2n) is 3.23. The van der Waals surface area contributed by atoms with Gasteiger partial charge in [-0.15, -0.1) is 0 Å². The van der Waals surface area contributed by atoms with Crippen molar-refractivity contribution < 1.29 is 8.78 Å². The third kappa shape index (κ3) is 3.53. The second kappa shape index (κ2) is 4.95. The van der Waals surface area contributed by atoms with Crippen LogP contribution in [-0.4, -0.2) is 0 Å². The minimum atomic E-state index is -0.480. The number of benzene rings is 1. The zero-order valence-electron chi connectivity index (χ0n) is 7.82. The molecule has 0 saturated carbocycles. The van der Waals surface area contributed by atoms with Gasteiger partial charge < -0.3 is 0 Å². The molecule has 0 fully saturated rings. The molecule has 0 heterocycles. The maximum Gasteiger partial charge on any atom is 0.126 e. The molecule has 0 nitrogen and oxygen atoms in total. The molecule has 0 aromatic heterocycles. The fraction of sp³-hybridized carbons (Fsp3) is 0.455. The largest absolute Gasteiger partial charge is 0.207 e. The molecule has 0 unspecified atom stereocenters.